The number of hydrogen-bond acceptors (Lipinski definition) is 5. The smallest absolute Gasteiger partial charge is 0.341 e. The lowest BCUT2D eigenvalue weighted by Crippen LogP contribution is -2.27. The minimum Gasteiger partial charge on any atom is -0.481 e. The van der Waals surface area contributed by atoms with Crippen LogP contribution in [0.1, 0.15) is 11.1 Å². The summed E-state index contributed by atoms with van der Waals surface area (Å²) in [7, 11) is 0. The number of thioether (sulfide) groups is 1. The molecule has 1 N–H and O–H groups in total. The number of aliphatic carboxylic acids is 1. The fraction of sp³-hybridized carbons (Fsp3) is 0.0870. The summed E-state index contributed by atoms with van der Waals surface area (Å²) >= 11 is 0.861. The van der Waals surface area contributed by atoms with Crippen LogP contribution >= 0.6 is 11.8 Å². The Morgan fingerprint density at radius 1 is 1.00 bits per heavy atom. The van der Waals surface area contributed by atoms with Gasteiger partial charge in [0.2, 0.25) is 0 Å². The lowest BCUT2D eigenvalue weighted by Gasteiger charge is -2.14. The van der Waals surface area contributed by atoms with Gasteiger partial charge in [0.05, 0.1) is 11.4 Å². The predicted octanol–water partition coefficient (Wildman–Crippen LogP) is 4.54. The third-order valence-corrected chi connectivity index (χ3v) is 5.55. The molecule has 1 heterocycles. The van der Waals surface area contributed by atoms with Crippen LogP contribution < -0.4 is 4.74 Å². The van der Waals surface area contributed by atoms with Crippen molar-refractivity contribution in [2.24, 2.45) is 0 Å². The maximum absolute atomic E-state index is 12.9. The number of ether oxygens (including phenoxy) is 1. The lowest BCUT2D eigenvalue weighted by molar-refractivity contribution is -0.139. The highest BCUT2D eigenvalue weighted by Gasteiger charge is 2.35. The van der Waals surface area contributed by atoms with Crippen LogP contribution in [-0.4, -0.2) is 33.7 Å². The van der Waals surface area contributed by atoms with Crippen LogP contribution in [0.4, 0.5) is 4.79 Å². The number of hydrogen-bond donors (Lipinski definition) is 1. The maximum Gasteiger partial charge on any atom is 0.341 e. The van der Waals surface area contributed by atoms with E-state index in [2.05, 4.69) is 0 Å². The SMILES string of the molecule is O=C(O)COc1ccccc1/C=C1\SC(=O)N(Cc2cccc3ccccc23)C1=O. The molecule has 2 amide bonds. The van der Waals surface area contributed by atoms with Crippen LogP contribution in [0.2, 0.25) is 0 Å². The van der Waals surface area contributed by atoms with Gasteiger partial charge in [-0.15, -0.1) is 0 Å². The summed E-state index contributed by atoms with van der Waals surface area (Å²) in [6.45, 7) is -0.312. The molecule has 0 unspecified atom stereocenters. The third-order valence-electron chi connectivity index (χ3n) is 4.64. The molecule has 1 aliphatic rings. The molecule has 7 heteroatoms. The number of fused-ring (bicyclic) bond motifs is 1. The second-order valence-electron chi connectivity index (χ2n) is 6.63. The zero-order valence-electron chi connectivity index (χ0n) is 15.8. The molecule has 0 spiro atoms. The molecular formula is C23H17NO5S. The van der Waals surface area contributed by atoms with Gasteiger partial charge in [0.15, 0.2) is 6.61 Å². The number of rotatable bonds is 6. The molecule has 6 nitrogen and oxygen atoms in total. The van der Waals surface area contributed by atoms with Crippen LogP contribution in [0.25, 0.3) is 16.8 Å². The highest BCUT2D eigenvalue weighted by atomic mass is 32.2. The molecule has 4 rings (SSSR count). The Balaban J connectivity index is 1.60. The minimum atomic E-state index is -1.10. The van der Waals surface area contributed by atoms with Crippen LogP contribution in [0.15, 0.2) is 71.6 Å². The summed E-state index contributed by atoms with van der Waals surface area (Å²) in [5.41, 5.74) is 1.43. The summed E-state index contributed by atoms with van der Waals surface area (Å²) in [6, 6.07) is 20.4. The maximum atomic E-state index is 12.9. The standard InChI is InChI=1S/C23H17NO5S/c25-21(26)14-29-19-11-4-2-7-16(19)12-20-22(27)24(23(28)30-20)13-17-9-5-8-15-6-1-3-10-18(15)17/h1-12H,13-14H2,(H,25,26)/b20-12-. The molecule has 1 saturated heterocycles. The number of carbonyl (C=O) groups is 3. The van der Waals surface area contributed by atoms with Gasteiger partial charge in [0, 0.05) is 5.56 Å². The lowest BCUT2D eigenvalue weighted by atomic mass is 10.0. The van der Waals surface area contributed by atoms with E-state index >= 15 is 0 Å². The van der Waals surface area contributed by atoms with Gasteiger partial charge in [-0.3, -0.25) is 14.5 Å². The molecule has 0 bridgehead atoms. The first kappa shape index (κ1) is 19.7. The van der Waals surface area contributed by atoms with Gasteiger partial charge in [-0.25, -0.2) is 4.79 Å². The number of para-hydroxylation sites is 1. The summed E-state index contributed by atoms with van der Waals surface area (Å²) in [4.78, 5) is 37.7. The highest BCUT2D eigenvalue weighted by Crippen LogP contribution is 2.35. The van der Waals surface area contributed by atoms with E-state index in [9.17, 15) is 14.4 Å². The van der Waals surface area contributed by atoms with Crippen molar-refractivity contribution >= 4 is 45.7 Å². The second kappa shape index (κ2) is 8.42. The molecular weight excluding hydrogens is 402 g/mol. The number of carbonyl (C=O) groups excluding carboxylic acids is 2. The molecule has 0 atom stereocenters. The van der Waals surface area contributed by atoms with Crippen molar-refractivity contribution in [3.05, 3.63) is 82.8 Å². The van der Waals surface area contributed by atoms with Crippen LogP contribution in [0.5, 0.6) is 5.75 Å². The van der Waals surface area contributed by atoms with Gasteiger partial charge < -0.3 is 9.84 Å². The van der Waals surface area contributed by atoms with Crippen molar-refractivity contribution in [3.8, 4) is 5.75 Å². The van der Waals surface area contributed by atoms with E-state index in [0.29, 0.717) is 11.3 Å². The summed E-state index contributed by atoms with van der Waals surface area (Å²) < 4.78 is 5.28. The van der Waals surface area contributed by atoms with Crippen molar-refractivity contribution in [2.45, 2.75) is 6.54 Å². The van der Waals surface area contributed by atoms with E-state index < -0.39 is 12.6 Å². The zero-order valence-corrected chi connectivity index (χ0v) is 16.6. The average Bonchev–Trinajstić information content (AvgIpc) is 3.00. The number of amides is 2. The fourth-order valence-electron chi connectivity index (χ4n) is 3.25. The first-order valence-electron chi connectivity index (χ1n) is 9.18. The van der Waals surface area contributed by atoms with Crippen LogP contribution in [0, 0.1) is 0 Å². The Hall–Kier alpha value is -3.58. The van der Waals surface area contributed by atoms with E-state index in [-0.39, 0.29) is 22.6 Å². The molecule has 3 aromatic rings. The fourth-order valence-corrected chi connectivity index (χ4v) is 4.08. The predicted molar refractivity (Wildman–Crippen MR) is 115 cm³/mol. The first-order valence-corrected chi connectivity index (χ1v) is 10.0. The van der Waals surface area contributed by atoms with E-state index in [0.717, 1.165) is 28.1 Å². The highest BCUT2D eigenvalue weighted by molar-refractivity contribution is 8.18. The van der Waals surface area contributed by atoms with Gasteiger partial charge in [0.1, 0.15) is 5.75 Å². The quantitative estimate of drug-likeness (QED) is 0.591. The molecule has 150 valence electrons. The minimum absolute atomic E-state index is 0.181. The van der Waals surface area contributed by atoms with E-state index in [1.807, 2.05) is 42.5 Å². The average molecular weight is 419 g/mol. The molecule has 3 aromatic carbocycles. The summed E-state index contributed by atoms with van der Waals surface area (Å²) in [5, 5.41) is 10.5. The van der Waals surface area contributed by atoms with Gasteiger partial charge in [-0.1, -0.05) is 60.7 Å². The van der Waals surface area contributed by atoms with Gasteiger partial charge in [0.25, 0.3) is 11.1 Å². The summed E-state index contributed by atoms with van der Waals surface area (Å²) in [6.07, 6.45) is 1.56. The Kier molecular flexibility index (Phi) is 5.54. The number of imide groups is 1. The number of nitrogens with zero attached hydrogens (tertiary/aromatic N) is 1. The van der Waals surface area contributed by atoms with Gasteiger partial charge in [-0.05, 0) is 40.2 Å². The Morgan fingerprint density at radius 2 is 1.73 bits per heavy atom. The third kappa shape index (κ3) is 4.06. The topological polar surface area (TPSA) is 83.9 Å². The second-order valence-corrected chi connectivity index (χ2v) is 7.62. The molecule has 30 heavy (non-hydrogen) atoms. The van der Waals surface area contributed by atoms with Crippen LogP contribution in [-0.2, 0) is 16.1 Å². The monoisotopic (exact) mass is 419 g/mol. The number of carboxylic acid groups (broad SMARTS) is 1. The molecule has 0 aliphatic carbocycles. The molecule has 0 aromatic heterocycles. The Labute approximate surface area is 176 Å². The Bertz CT molecular complexity index is 1180. The van der Waals surface area contributed by atoms with E-state index in [1.54, 1.807) is 30.3 Å². The van der Waals surface area contributed by atoms with Crippen molar-refractivity contribution in [3.63, 3.8) is 0 Å². The van der Waals surface area contributed by atoms with E-state index in [4.69, 9.17) is 9.84 Å². The number of carboxylic acids is 1. The molecule has 1 fully saturated rings. The first-order chi connectivity index (χ1) is 14.5. The largest absolute Gasteiger partial charge is 0.481 e. The molecule has 0 saturated carbocycles. The van der Waals surface area contributed by atoms with E-state index in [1.165, 1.54) is 4.90 Å². The van der Waals surface area contributed by atoms with Gasteiger partial charge in [-0.2, -0.15) is 0 Å². The van der Waals surface area contributed by atoms with Crippen LogP contribution in [0.3, 0.4) is 0 Å². The van der Waals surface area contributed by atoms with Crippen molar-refractivity contribution in [1.29, 1.82) is 0 Å². The van der Waals surface area contributed by atoms with Crippen molar-refractivity contribution < 1.29 is 24.2 Å². The van der Waals surface area contributed by atoms with Crippen molar-refractivity contribution in [2.75, 3.05) is 6.61 Å². The number of benzene rings is 3. The zero-order chi connectivity index (χ0) is 21.1. The molecule has 0 radical (unpaired) electrons. The van der Waals surface area contributed by atoms with Crippen molar-refractivity contribution in [1.82, 2.24) is 4.90 Å². The normalized spacial score (nSPS) is 15.2. The summed E-state index contributed by atoms with van der Waals surface area (Å²) in [5.74, 6) is -1.15. The molecule has 1 aliphatic heterocycles. The van der Waals surface area contributed by atoms with Gasteiger partial charge >= 0.3 is 5.97 Å². The Morgan fingerprint density at radius 3 is 2.57 bits per heavy atom.